The van der Waals surface area contributed by atoms with E-state index in [2.05, 4.69) is 22.2 Å². The first kappa shape index (κ1) is 9.80. The van der Waals surface area contributed by atoms with E-state index in [1.54, 1.807) is 0 Å². The highest BCUT2D eigenvalue weighted by molar-refractivity contribution is 5.96. The van der Waals surface area contributed by atoms with Gasteiger partial charge in [0.1, 0.15) is 6.33 Å². The number of hydrogen-bond donors (Lipinski definition) is 1. The molecule has 0 aliphatic heterocycles. The third-order valence-electron chi connectivity index (χ3n) is 1.59. The van der Waals surface area contributed by atoms with Crippen LogP contribution in [0.25, 0.3) is 0 Å². The van der Waals surface area contributed by atoms with Gasteiger partial charge in [0.05, 0.1) is 12.1 Å². The van der Waals surface area contributed by atoms with E-state index in [0.29, 0.717) is 12.1 Å². The second-order valence-corrected chi connectivity index (χ2v) is 2.73. The fourth-order valence-electron chi connectivity index (χ4n) is 0.924. The third-order valence-corrected chi connectivity index (χ3v) is 1.59. The highest BCUT2D eigenvalue weighted by atomic mass is 16.1. The molecule has 0 aromatic carbocycles. The number of carbonyl (C=O) groups excluding carboxylic acids is 1. The van der Waals surface area contributed by atoms with Crippen molar-refractivity contribution in [3.05, 3.63) is 24.3 Å². The number of Topliss-reactive ketones (excluding diaryl/α,β-unsaturated/α-hetero) is 1. The van der Waals surface area contributed by atoms with E-state index in [1.807, 2.05) is 0 Å². The molecule has 0 aliphatic rings. The zero-order valence-corrected chi connectivity index (χ0v) is 7.66. The van der Waals surface area contributed by atoms with Gasteiger partial charge < -0.3 is 5.32 Å². The Morgan fingerprint density at radius 1 is 1.46 bits per heavy atom. The lowest BCUT2D eigenvalue weighted by Crippen LogP contribution is -2.23. The van der Waals surface area contributed by atoms with Crippen molar-refractivity contribution in [3.63, 3.8) is 0 Å². The van der Waals surface area contributed by atoms with Crippen LogP contribution in [0.5, 0.6) is 0 Å². The van der Waals surface area contributed by atoms with Gasteiger partial charge in [-0.2, -0.15) is 0 Å². The summed E-state index contributed by atoms with van der Waals surface area (Å²) in [6.45, 7) is 3.28. The summed E-state index contributed by atoms with van der Waals surface area (Å²) in [6, 6.07) is 0. The number of hydrogen-bond acceptors (Lipinski definition) is 4. The Morgan fingerprint density at radius 2 is 2.15 bits per heavy atom. The van der Waals surface area contributed by atoms with Crippen molar-refractivity contribution in [2.45, 2.75) is 13.3 Å². The molecule has 13 heavy (non-hydrogen) atoms. The Balaban J connectivity index is 2.40. The molecule has 0 aliphatic carbocycles. The predicted octanol–water partition coefficient (Wildman–Crippen LogP) is 0.659. The van der Waals surface area contributed by atoms with Gasteiger partial charge >= 0.3 is 0 Å². The number of aromatic nitrogens is 2. The van der Waals surface area contributed by atoms with E-state index in [4.69, 9.17) is 0 Å². The van der Waals surface area contributed by atoms with E-state index in [-0.39, 0.29) is 5.78 Å². The lowest BCUT2D eigenvalue weighted by Gasteiger charge is -2.00. The van der Waals surface area contributed by atoms with Crippen molar-refractivity contribution < 1.29 is 4.79 Å². The molecule has 1 aromatic heterocycles. The van der Waals surface area contributed by atoms with Gasteiger partial charge in [0.15, 0.2) is 5.78 Å². The van der Waals surface area contributed by atoms with E-state index in [9.17, 15) is 4.79 Å². The summed E-state index contributed by atoms with van der Waals surface area (Å²) in [7, 11) is 0. The first-order chi connectivity index (χ1) is 6.34. The van der Waals surface area contributed by atoms with E-state index in [0.717, 1.165) is 13.0 Å². The molecule has 0 spiro atoms. The van der Waals surface area contributed by atoms with Gasteiger partial charge in [0.25, 0.3) is 0 Å². The van der Waals surface area contributed by atoms with Gasteiger partial charge in [-0.05, 0) is 13.0 Å². The number of nitrogens with one attached hydrogen (secondary N) is 1. The summed E-state index contributed by atoms with van der Waals surface area (Å²) in [5, 5.41) is 3.03. The molecular formula is C9H13N3O. The Kier molecular flexibility index (Phi) is 4.05. The third kappa shape index (κ3) is 3.29. The van der Waals surface area contributed by atoms with Crippen molar-refractivity contribution in [1.29, 1.82) is 0 Å². The van der Waals surface area contributed by atoms with Gasteiger partial charge in [0, 0.05) is 12.4 Å². The molecule has 1 aromatic rings. The highest BCUT2D eigenvalue weighted by Crippen LogP contribution is 1.93. The molecule has 4 nitrogen and oxygen atoms in total. The van der Waals surface area contributed by atoms with Crippen LogP contribution in [0.15, 0.2) is 18.7 Å². The van der Waals surface area contributed by atoms with Crippen LogP contribution in [0, 0.1) is 0 Å². The summed E-state index contributed by atoms with van der Waals surface area (Å²) < 4.78 is 0. The van der Waals surface area contributed by atoms with E-state index in [1.165, 1.54) is 18.7 Å². The second-order valence-electron chi connectivity index (χ2n) is 2.73. The molecule has 0 saturated carbocycles. The molecule has 0 fully saturated rings. The first-order valence-corrected chi connectivity index (χ1v) is 4.33. The number of rotatable bonds is 5. The number of carbonyl (C=O) groups is 1. The topological polar surface area (TPSA) is 54.9 Å². The van der Waals surface area contributed by atoms with Crippen molar-refractivity contribution in [3.8, 4) is 0 Å². The summed E-state index contributed by atoms with van der Waals surface area (Å²) in [6.07, 6.45) is 5.50. The van der Waals surface area contributed by atoms with Crippen LogP contribution in [0.3, 0.4) is 0 Å². The fourth-order valence-corrected chi connectivity index (χ4v) is 0.924. The standard InChI is InChI=1S/C9H13N3O/c1-2-3-10-6-9(13)8-4-11-7-12-5-8/h4-5,7,10H,2-3,6H2,1H3. The lowest BCUT2D eigenvalue weighted by molar-refractivity contribution is 0.0990. The van der Waals surface area contributed by atoms with Crippen molar-refractivity contribution in [2.24, 2.45) is 0 Å². The summed E-state index contributed by atoms with van der Waals surface area (Å²) in [4.78, 5) is 18.9. The molecule has 0 amide bonds. The maximum absolute atomic E-state index is 11.4. The van der Waals surface area contributed by atoms with Crippen molar-refractivity contribution in [2.75, 3.05) is 13.1 Å². The summed E-state index contributed by atoms with van der Waals surface area (Å²) in [5.41, 5.74) is 0.561. The quantitative estimate of drug-likeness (QED) is 0.533. The zero-order valence-electron chi connectivity index (χ0n) is 7.66. The minimum absolute atomic E-state index is 0.0362. The van der Waals surface area contributed by atoms with Crippen LogP contribution in [-0.4, -0.2) is 28.8 Å². The highest BCUT2D eigenvalue weighted by Gasteiger charge is 2.03. The predicted molar refractivity (Wildman–Crippen MR) is 49.5 cm³/mol. The Morgan fingerprint density at radius 3 is 2.77 bits per heavy atom. The van der Waals surface area contributed by atoms with Crippen LogP contribution >= 0.6 is 0 Å². The van der Waals surface area contributed by atoms with Gasteiger partial charge in [-0.3, -0.25) is 4.79 Å². The minimum atomic E-state index is 0.0362. The molecule has 70 valence electrons. The Bertz CT molecular complexity index is 261. The van der Waals surface area contributed by atoms with Crippen LogP contribution in [0.4, 0.5) is 0 Å². The minimum Gasteiger partial charge on any atom is -0.310 e. The molecule has 4 heteroatoms. The maximum atomic E-state index is 11.4. The molecular weight excluding hydrogens is 166 g/mol. The fraction of sp³-hybridized carbons (Fsp3) is 0.444. The first-order valence-electron chi connectivity index (χ1n) is 4.33. The van der Waals surface area contributed by atoms with E-state index < -0.39 is 0 Å². The second kappa shape index (κ2) is 5.37. The molecule has 0 radical (unpaired) electrons. The lowest BCUT2D eigenvalue weighted by atomic mass is 10.2. The molecule has 0 bridgehead atoms. The molecule has 1 N–H and O–H groups in total. The molecule has 0 atom stereocenters. The van der Waals surface area contributed by atoms with Crippen LogP contribution in [0.2, 0.25) is 0 Å². The zero-order chi connectivity index (χ0) is 9.52. The molecule has 0 unspecified atom stereocenters. The number of nitrogens with zero attached hydrogens (tertiary/aromatic N) is 2. The summed E-state index contributed by atoms with van der Waals surface area (Å²) >= 11 is 0. The summed E-state index contributed by atoms with van der Waals surface area (Å²) in [5.74, 6) is 0.0362. The molecule has 1 rings (SSSR count). The van der Waals surface area contributed by atoms with Crippen molar-refractivity contribution >= 4 is 5.78 Å². The van der Waals surface area contributed by atoms with Gasteiger partial charge in [-0.25, -0.2) is 9.97 Å². The number of ketones is 1. The average Bonchev–Trinajstić information content (AvgIpc) is 2.19. The van der Waals surface area contributed by atoms with Gasteiger partial charge in [0.2, 0.25) is 0 Å². The SMILES string of the molecule is CCCNCC(=O)c1cncnc1. The van der Waals surface area contributed by atoms with E-state index >= 15 is 0 Å². The molecule has 0 saturated heterocycles. The normalized spacial score (nSPS) is 9.92. The van der Waals surface area contributed by atoms with Gasteiger partial charge in [-0.15, -0.1) is 0 Å². The molecule has 1 heterocycles. The Hall–Kier alpha value is -1.29. The largest absolute Gasteiger partial charge is 0.310 e. The van der Waals surface area contributed by atoms with Crippen LogP contribution in [-0.2, 0) is 0 Å². The smallest absolute Gasteiger partial charge is 0.179 e. The van der Waals surface area contributed by atoms with Gasteiger partial charge in [-0.1, -0.05) is 6.92 Å². The Labute approximate surface area is 77.4 Å². The van der Waals surface area contributed by atoms with Crippen LogP contribution < -0.4 is 5.32 Å². The average molecular weight is 179 g/mol. The maximum Gasteiger partial charge on any atom is 0.179 e. The van der Waals surface area contributed by atoms with Crippen molar-refractivity contribution in [1.82, 2.24) is 15.3 Å². The van der Waals surface area contributed by atoms with Crippen LogP contribution in [0.1, 0.15) is 23.7 Å². The monoisotopic (exact) mass is 179 g/mol.